The number of halogens is 3. The number of benzene rings is 2. The number of nitrogen functional groups attached to an aromatic ring is 1. The number of rotatable bonds is 3. The fourth-order valence-electron chi connectivity index (χ4n) is 1.55. The SMILES string of the molecule is Nc1ccccc1S(=O)(=O)Nc1c(F)cc(F)cc1Br. The molecule has 8 heteroatoms. The quantitative estimate of drug-likeness (QED) is 0.824. The normalized spacial score (nSPS) is 11.3. The van der Waals surface area contributed by atoms with E-state index >= 15 is 0 Å². The second kappa shape index (κ2) is 5.37. The Hall–Kier alpha value is -1.67. The zero-order chi connectivity index (χ0) is 14.9. The van der Waals surface area contributed by atoms with Crippen molar-refractivity contribution < 1.29 is 17.2 Å². The van der Waals surface area contributed by atoms with E-state index in [1.807, 2.05) is 4.72 Å². The Morgan fingerprint density at radius 3 is 2.40 bits per heavy atom. The van der Waals surface area contributed by atoms with E-state index in [4.69, 9.17) is 5.73 Å². The zero-order valence-electron chi connectivity index (χ0n) is 9.90. The van der Waals surface area contributed by atoms with Crippen LogP contribution in [-0.4, -0.2) is 8.42 Å². The average molecular weight is 363 g/mol. The van der Waals surface area contributed by atoms with Crippen LogP contribution < -0.4 is 10.5 Å². The smallest absolute Gasteiger partial charge is 0.264 e. The first-order chi connectivity index (χ1) is 9.31. The second-order valence-corrected chi connectivity index (χ2v) is 6.39. The third-order valence-corrected chi connectivity index (χ3v) is 4.50. The lowest BCUT2D eigenvalue weighted by Gasteiger charge is -2.12. The molecule has 0 atom stereocenters. The predicted octanol–water partition coefficient (Wildman–Crippen LogP) is 3.11. The highest BCUT2D eigenvalue weighted by molar-refractivity contribution is 9.10. The summed E-state index contributed by atoms with van der Waals surface area (Å²) in [4.78, 5) is -0.185. The lowest BCUT2D eigenvalue weighted by molar-refractivity contribution is 0.581. The molecule has 20 heavy (non-hydrogen) atoms. The largest absolute Gasteiger partial charge is 0.398 e. The highest BCUT2D eigenvalue weighted by Gasteiger charge is 2.21. The molecule has 106 valence electrons. The molecule has 0 aliphatic carbocycles. The zero-order valence-corrected chi connectivity index (χ0v) is 12.3. The Morgan fingerprint density at radius 1 is 1.15 bits per heavy atom. The van der Waals surface area contributed by atoms with E-state index in [2.05, 4.69) is 15.9 Å². The number of hydrogen-bond donors (Lipinski definition) is 2. The number of nitrogens with two attached hydrogens (primary N) is 1. The van der Waals surface area contributed by atoms with Crippen molar-refractivity contribution in [2.75, 3.05) is 10.5 Å². The van der Waals surface area contributed by atoms with Gasteiger partial charge in [-0.05, 0) is 34.1 Å². The molecule has 0 saturated carbocycles. The maximum absolute atomic E-state index is 13.6. The van der Waals surface area contributed by atoms with Crippen molar-refractivity contribution in [1.29, 1.82) is 0 Å². The summed E-state index contributed by atoms with van der Waals surface area (Å²) in [7, 11) is -4.07. The Balaban J connectivity index is 2.47. The molecule has 0 aliphatic heterocycles. The topological polar surface area (TPSA) is 72.2 Å². The van der Waals surface area contributed by atoms with Crippen LogP contribution in [0.15, 0.2) is 45.8 Å². The first-order valence-corrected chi connectivity index (χ1v) is 7.61. The van der Waals surface area contributed by atoms with Gasteiger partial charge in [-0.1, -0.05) is 12.1 Å². The van der Waals surface area contributed by atoms with E-state index in [1.54, 1.807) is 6.07 Å². The van der Waals surface area contributed by atoms with Crippen molar-refractivity contribution in [2.45, 2.75) is 4.90 Å². The monoisotopic (exact) mass is 362 g/mol. The first kappa shape index (κ1) is 14.7. The Morgan fingerprint density at radius 2 is 1.80 bits per heavy atom. The molecule has 0 heterocycles. The molecule has 0 aliphatic rings. The lowest BCUT2D eigenvalue weighted by Crippen LogP contribution is -2.16. The van der Waals surface area contributed by atoms with Crippen molar-refractivity contribution in [1.82, 2.24) is 0 Å². The van der Waals surface area contributed by atoms with Gasteiger partial charge in [0.1, 0.15) is 10.7 Å². The van der Waals surface area contributed by atoms with Gasteiger partial charge in [-0.25, -0.2) is 17.2 Å². The Kier molecular flexibility index (Phi) is 3.96. The molecule has 0 saturated heterocycles. The molecule has 0 amide bonds. The van der Waals surface area contributed by atoms with Gasteiger partial charge in [0.05, 0.1) is 11.4 Å². The van der Waals surface area contributed by atoms with E-state index in [-0.39, 0.29) is 20.7 Å². The van der Waals surface area contributed by atoms with E-state index in [9.17, 15) is 17.2 Å². The highest BCUT2D eigenvalue weighted by atomic mass is 79.9. The van der Waals surface area contributed by atoms with Gasteiger partial charge in [0.15, 0.2) is 5.82 Å². The van der Waals surface area contributed by atoms with Crippen LogP contribution in [0.25, 0.3) is 0 Å². The summed E-state index contributed by atoms with van der Waals surface area (Å²) in [6.45, 7) is 0. The number of anilines is 2. The van der Waals surface area contributed by atoms with Crippen molar-refractivity contribution in [3.8, 4) is 0 Å². The molecule has 0 unspecified atom stereocenters. The van der Waals surface area contributed by atoms with Gasteiger partial charge in [0, 0.05) is 10.5 Å². The van der Waals surface area contributed by atoms with Crippen molar-refractivity contribution in [3.05, 3.63) is 52.5 Å². The molecule has 0 aromatic heterocycles. The molecule has 4 nitrogen and oxygen atoms in total. The van der Waals surface area contributed by atoms with Crippen LogP contribution in [0, 0.1) is 11.6 Å². The van der Waals surface area contributed by atoms with Crippen molar-refractivity contribution in [3.63, 3.8) is 0 Å². The van der Waals surface area contributed by atoms with E-state index in [0.717, 1.165) is 6.07 Å². The van der Waals surface area contributed by atoms with Crippen LogP contribution in [0.1, 0.15) is 0 Å². The fraction of sp³-hybridized carbons (Fsp3) is 0. The molecule has 2 aromatic rings. The first-order valence-electron chi connectivity index (χ1n) is 5.33. The van der Waals surface area contributed by atoms with Crippen LogP contribution in [0.3, 0.4) is 0 Å². The molecule has 0 fully saturated rings. The molecule has 0 radical (unpaired) electrons. The van der Waals surface area contributed by atoms with Gasteiger partial charge in [-0.15, -0.1) is 0 Å². The summed E-state index contributed by atoms with van der Waals surface area (Å²) in [5, 5.41) is 0. The van der Waals surface area contributed by atoms with Crippen LogP contribution >= 0.6 is 15.9 Å². The predicted molar refractivity (Wildman–Crippen MR) is 75.7 cm³/mol. The van der Waals surface area contributed by atoms with Gasteiger partial charge in [0.25, 0.3) is 10.0 Å². The van der Waals surface area contributed by atoms with Gasteiger partial charge >= 0.3 is 0 Å². The van der Waals surface area contributed by atoms with E-state index in [0.29, 0.717) is 6.07 Å². The van der Waals surface area contributed by atoms with Gasteiger partial charge in [-0.3, -0.25) is 4.72 Å². The Labute approximate surface area is 122 Å². The number of hydrogen-bond acceptors (Lipinski definition) is 3. The molecule has 0 spiro atoms. The lowest BCUT2D eigenvalue weighted by atomic mass is 10.3. The maximum atomic E-state index is 13.6. The standard InChI is InChI=1S/C12H9BrF2N2O2S/c13-8-5-7(14)6-9(15)12(8)17-20(18,19)11-4-2-1-3-10(11)16/h1-6,17H,16H2. The van der Waals surface area contributed by atoms with Crippen LogP contribution in [0.2, 0.25) is 0 Å². The molecule has 2 aromatic carbocycles. The van der Waals surface area contributed by atoms with Gasteiger partial charge in [-0.2, -0.15) is 0 Å². The highest BCUT2D eigenvalue weighted by Crippen LogP contribution is 2.30. The molecular weight excluding hydrogens is 354 g/mol. The van der Waals surface area contributed by atoms with Crippen LogP contribution in [0.4, 0.5) is 20.2 Å². The molecular formula is C12H9BrF2N2O2S. The van der Waals surface area contributed by atoms with E-state index < -0.39 is 21.7 Å². The van der Waals surface area contributed by atoms with E-state index in [1.165, 1.54) is 18.2 Å². The third kappa shape index (κ3) is 2.91. The van der Waals surface area contributed by atoms with Crippen molar-refractivity contribution in [2.24, 2.45) is 0 Å². The van der Waals surface area contributed by atoms with Crippen molar-refractivity contribution >= 4 is 37.3 Å². The third-order valence-electron chi connectivity index (χ3n) is 2.45. The summed E-state index contributed by atoms with van der Waals surface area (Å²) in [6.07, 6.45) is 0. The molecule has 3 N–H and O–H groups in total. The number of nitrogens with one attached hydrogen (secondary N) is 1. The molecule has 2 rings (SSSR count). The minimum Gasteiger partial charge on any atom is -0.398 e. The summed E-state index contributed by atoms with van der Waals surface area (Å²) in [5.41, 5.74) is 5.22. The average Bonchev–Trinajstić information content (AvgIpc) is 2.34. The van der Waals surface area contributed by atoms with Gasteiger partial charge in [0.2, 0.25) is 0 Å². The number of para-hydroxylation sites is 1. The maximum Gasteiger partial charge on any atom is 0.264 e. The minimum absolute atomic E-state index is 0.0265. The van der Waals surface area contributed by atoms with Crippen LogP contribution in [-0.2, 0) is 10.0 Å². The number of sulfonamides is 1. The summed E-state index contributed by atoms with van der Waals surface area (Å²) < 4.78 is 52.9. The van der Waals surface area contributed by atoms with Crippen LogP contribution in [0.5, 0.6) is 0 Å². The molecule has 0 bridgehead atoms. The summed E-state index contributed by atoms with van der Waals surface area (Å²) in [6, 6.07) is 7.29. The fourth-order valence-corrected chi connectivity index (χ4v) is 3.41. The van der Waals surface area contributed by atoms with Gasteiger partial charge < -0.3 is 5.73 Å². The summed E-state index contributed by atoms with van der Waals surface area (Å²) in [5.74, 6) is -1.86. The Bertz CT molecular complexity index is 743. The second-order valence-electron chi connectivity index (χ2n) is 3.89. The minimum atomic E-state index is -4.07. The summed E-state index contributed by atoms with van der Waals surface area (Å²) >= 11 is 2.90.